The van der Waals surface area contributed by atoms with Crippen LogP contribution in [0.4, 0.5) is 0 Å². The first-order valence-corrected chi connectivity index (χ1v) is 2.96. The number of hydrogen-bond donors (Lipinski definition) is 0. The quantitative estimate of drug-likeness (QED) is 0.533. The Morgan fingerprint density at radius 1 is 1.50 bits per heavy atom. The first kappa shape index (κ1) is 15.8. The normalized spacial score (nSPS) is 1.00. The van der Waals surface area contributed by atoms with Gasteiger partial charge in [-0.05, 0) is 0 Å². The Balaban J connectivity index is -0.000000000833. The number of rotatable bonds is 0. The summed E-state index contributed by atoms with van der Waals surface area (Å²) in [5.74, 6) is 0. The van der Waals surface area contributed by atoms with Crippen molar-refractivity contribution in [1.82, 2.24) is 0 Å². The van der Waals surface area contributed by atoms with Gasteiger partial charge in [0.25, 0.3) is 0 Å². The van der Waals surface area contributed by atoms with Gasteiger partial charge in [-0.3, -0.25) is 0 Å². The Bertz CT molecular complexity index is 13.5. The molecule has 0 aromatic rings. The van der Waals surface area contributed by atoms with Crippen LogP contribution in [0.3, 0.4) is 0 Å². The van der Waals surface area contributed by atoms with Gasteiger partial charge in [0.05, 0.1) is 0 Å². The number of hydrogen-bond acceptors (Lipinski definition) is 1. The van der Waals surface area contributed by atoms with Crippen molar-refractivity contribution in [3.05, 3.63) is 0 Å². The van der Waals surface area contributed by atoms with E-state index in [0.717, 1.165) is 0 Å². The molecule has 4 heavy (non-hydrogen) atoms. The van der Waals surface area contributed by atoms with E-state index < -0.39 is 0 Å². The van der Waals surface area contributed by atoms with E-state index in [1.54, 1.807) is 0 Å². The standard InChI is InChI=1S/Ca.Mo.S.Ti.2H/q+2;;;;2*-1. The van der Waals surface area contributed by atoms with Gasteiger partial charge in [-0.15, -0.1) is 0 Å². The molecule has 0 nitrogen and oxygen atoms in total. The van der Waals surface area contributed by atoms with E-state index in [2.05, 4.69) is 9.82 Å². The van der Waals surface area contributed by atoms with E-state index in [4.69, 9.17) is 0 Å². The van der Waals surface area contributed by atoms with Gasteiger partial charge >= 0.3 is 65.6 Å². The van der Waals surface area contributed by atoms with Crippen LogP contribution in [-0.2, 0) is 39.7 Å². The average molecular weight is 218 g/mol. The fourth-order valence-corrected chi connectivity index (χ4v) is 0. The third-order valence-electron chi connectivity index (χ3n) is 0. The summed E-state index contributed by atoms with van der Waals surface area (Å²) in [6.45, 7) is 0. The molecule has 0 spiro atoms. The van der Waals surface area contributed by atoms with Crippen molar-refractivity contribution < 1.29 is 42.6 Å². The largest absolute Gasteiger partial charge is 0 e. The van der Waals surface area contributed by atoms with Crippen molar-refractivity contribution in [3.63, 3.8) is 0 Å². The Hall–Kier alpha value is 2.88. The minimum absolute atomic E-state index is 0. The molecule has 0 amide bonds. The third-order valence-corrected chi connectivity index (χ3v) is 0. The molecule has 0 fully saturated rings. The molecule has 0 aliphatic heterocycles. The van der Waals surface area contributed by atoms with E-state index in [-0.39, 0.29) is 62.3 Å². The molecular formula is H2CaMoSTi. The monoisotopic (exact) mass is 220 g/mol. The zero-order valence-electron chi connectivity index (χ0n) is 4.02. The molecule has 20 valence electrons. The minimum atomic E-state index is 0. The van der Waals surface area contributed by atoms with Crippen LogP contribution in [-0.4, -0.2) is 37.7 Å². The second-order valence-electron chi connectivity index (χ2n) is 0. The van der Waals surface area contributed by atoms with Crippen LogP contribution in [0.25, 0.3) is 0 Å². The van der Waals surface area contributed by atoms with Gasteiger partial charge in [0, 0.05) is 21.7 Å². The van der Waals surface area contributed by atoms with E-state index in [1.807, 2.05) is 0 Å². The first-order chi connectivity index (χ1) is 1.00. The molecule has 0 atom stereocenters. The Morgan fingerprint density at radius 2 is 1.50 bits per heavy atom. The summed E-state index contributed by atoms with van der Waals surface area (Å²) < 4.78 is 0. The molecule has 0 N–H and O–H groups in total. The zero-order valence-corrected chi connectivity index (χ0v) is 8.62. The van der Waals surface area contributed by atoms with Gasteiger partial charge in [-0.1, -0.05) is 0 Å². The molecule has 0 rings (SSSR count). The van der Waals surface area contributed by atoms with Crippen LogP contribution >= 0.6 is 9.82 Å². The predicted molar refractivity (Wildman–Crippen MR) is 15.6 cm³/mol. The topological polar surface area (TPSA) is 0 Å². The molecule has 4 heteroatoms. The second kappa shape index (κ2) is 16.9. The Labute approximate surface area is 88.3 Å². The molecule has 0 aromatic carbocycles. The van der Waals surface area contributed by atoms with Crippen LogP contribution in [0.1, 0.15) is 2.85 Å². The molecule has 0 heterocycles. The van der Waals surface area contributed by atoms with E-state index >= 15 is 0 Å². The van der Waals surface area contributed by atoms with Crippen LogP contribution in [0.2, 0.25) is 0 Å². The molecule has 0 aliphatic rings. The Kier molecular flexibility index (Phi) is 66.7. The fourth-order valence-electron chi connectivity index (χ4n) is 0. The van der Waals surface area contributed by atoms with Gasteiger partial charge in [-0.25, -0.2) is 0 Å². The molecule has 0 unspecified atom stereocenters. The van der Waals surface area contributed by atoms with Gasteiger partial charge in [0.15, 0.2) is 0 Å². The molecular weight excluding hydrogens is 216 g/mol. The molecule has 0 bridgehead atoms. The summed E-state index contributed by atoms with van der Waals surface area (Å²) in [5.41, 5.74) is 0. The van der Waals surface area contributed by atoms with Crippen molar-refractivity contribution in [2.75, 3.05) is 0 Å². The summed E-state index contributed by atoms with van der Waals surface area (Å²) >= 11 is 1.53. The minimum Gasteiger partial charge on any atom is 0 e. The van der Waals surface area contributed by atoms with Gasteiger partial charge in [0.2, 0.25) is 0 Å². The maximum Gasteiger partial charge on any atom is 0 e. The van der Waals surface area contributed by atoms with Crippen LogP contribution < -0.4 is 0 Å². The Morgan fingerprint density at radius 3 is 1.50 bits per heavy atom. The van der Waals surface area contributed by atoms with Crippen LogP contribution in [0, 0.1) is 0 Å². The summed E-state index contributed by atoms with van der Waals surface area (Å²) in [4.78, 5) is 0. The van der Waals surface area contributed by atoms with Gasteiger partial charge in [-0.2, -0.15) is 0 Å². The third kappa shape index (κ3) is 8.86. The summed E-state index contributed by atoms with van der Waals surface area (Å²) in [7, 11) is 4.09. The summed E-state index contributed by atoms with van der Waals surface area (Å²) in [6, 6.07) is 0. The smallest absolute Gasteiger partial charge is 0 e. The maximum absolute atomic E-state index is 4.09. The SMILES string of the molecule is [Ca+2].[H-].[H-].[S]=[Mo].[Ti]. The van der Waals surface area contributed by atoms with Crippen molar-refractivity contribution in [3.8, 4) is 0 Å². The van der Waals surface area contributed by atoms with Crippen molar-refractivity contribution in [2.24, 2.45) is 0 Å². The first-order valence-electron chi connectivity index (χ1n) is 0.167. The zero-order chi connectivity index (χ0) is 2.00. The van der Waals surface area contributed by atoms with Crippen molar-refractivity contribution in [2.45, 2.75) is 0 Å². The second-order valence-corrected chi connectivity index (χ2v) is 0. The summed E-state index contributed by atoms with van der Waals surface area (Å²) in [6.07, 6.45) is 0. The van der Waals surface area contributed by atoms with Gasteiger partial charge < -0.3 is 2.85 Å². The van der Waals surface area contributed by atoms with Gasteiger partial charge in [0.1, 0.15) is 0 Å². The predicted octanol–water partition coefficient (Wildman–Crippen LogP) is 0.487. The molecule has 0 aromatic heterocycles. The van der Waals surface area contributed by atoms with Crippen LogP contribution in [0.5, 0.6) is 0 Å². The molecule has 0 saturated heterocycles. The average Bonchev–Trinajstić information content (AvgIpc) is 1.00. The van der Waals surface area contributed by atoms with E-state index in [0.29, 0.717) is 0 Å². The van der Waals surface area contributed by atoms with Crippen molar-refractivity contribution >= 4 is 47.6 Å². The van der Waals surface area contributed by atoms with Crippen LogP contribution in [0.15, 0.2) is 0 Å². The summed E-state index contributed by atoms with van der Waals surface area (Å²) in [5, 5.41) is 0. The molecule has 0 saturated carbocycles. The molecule has 0 radical (unpaired) electrons. The molecule has 0 aliphatic carbocycles. The maximum atomic E-state index is 4.09. The fraction of sp³-hybridized carbons (Fsp3) is 0. The van der Waals surface area contributed by atoms with E-state index in [1.165, 1.54) is 18.0 Å². The van der Waals surface area contributed by atoms with E-state index in [9.17, 15) is 0 Å². The van der Waals surface area contributed by atoms with Crippen molar-refractivity contribution in [1.29, 1.82) is 0 Å².